The van der Waals surface area contributed by atoms with Crippen LogP contribution in [0.3, 0.4) is 0 Å². The number of hydrogen-bond acceptors (Lipinski definition) is 3. The molecule has 2 saturated heterocycles. The van der Waals surface area contributed by atoms with E-state index >= 15 is 0 Å². The van der Waals surface area contributed by atoms with Gasteiger partial charge in [0.2, 0.25) is 10.0 Å². The number of anilines is 1. The molecule has 0 saturated carbocycles. The van der Waals surface area contributed by atoms with Crippen molar-refractivity contribution in [1.29, 1.82) is 0 Å². The number of carbonyl (C=O) groups excluding carboxylic acids is 1. The Morgan fingerprint density at radius 2 is 1.68 bits per heavy atom. The highest BCUT2D eigenvalue weighted by molar-refractivity contribution is 7.89. The highest BCUT2D eigenvalue weighted by Gasteiger charge is 2.41. The Bertz CT molecular complexity index is 1140. The summed E-state index contributed by atoms with van der Waals surface area (Å²) in [6, 6.07) is 10.1. The lowest BCUT2D eigenvalue weighted by Gasteiger charge is -2.27. The summed E-state index contributed by atoms with van der Waals surface area (Å²) in [4.78, 5) is 16.1. The van der Waals surface area contributed by atoms with Gasteiger partial charge in [-0.05, 0) is 54.8 Å². The second-order valence-corrected chi connectivity index (χ2v) is 11.0. The fourth-order valence-corrected chi connectivity index (χ4v) is 6.06. The molecule has 2 aliphatic heterocycles. The van der Waals surface area contributed by atoms with Crippen LogP contribution in [0.4, 0.5) is 23.7 Å². The molecular formula is C23H25ClF3N3O3S. The van der Waals surface area contributed by atoms with E-state index < -0.39 is 33.8 Å². The summed E-state index contributed by atoms with van der Waals surface area (Å²) in [6.07, 6.45) is -1.91. The van der Waals surface area contributed by atoms with Crippen molar-refractivity contribution in [2.45, 2.75) is 31.5 Å². The second kappa shape index (κ2) is 9.75. The Hall–Kier alpha value is -2.30. The van der Waals surface area contributed by atoms with Crippen molar-refractivity contribution in [2.24, 2.45) is 0 Å². The molecule has 184 valence electrons. The normalized spacial score (nSPS) is 20.2. The lowest BCUT2D eigenvalue weighted by atomic mass is 10.0. The Morgan fingerprint density at radius 1 is 1.00 bits per heavy atom. The fraction of sp³-hybridized carbons (Fsp3) is 0.435. The maximum atomic E-state index is 13.3. The average molecular weight is 516 g/mol. The van der Waals surface area contributed by atoms with E-state index in [9.17, 15) is 26.4 Å². The molecule has 2 amide bonds. The topological polar surface area (TPSA) is 60.9 Å². The van der Waals surface area contributed by atoms with Gasteiger partial charge in [-0.25, -0.2) is 17.5 Å². The van der Waals surface area contributed by atoms with Gasteiger partial charge in [0.1, 0.15) is 0 Å². The lowest BCUT2D eigenvalue weighted by molar-refractivity contribution is -0.137. The minimum Gasteiger partial charge on any atom is -0.321 e. The maximum absolute atomic E-state index is 13.3. The van der Waals surface area contributed by atoms with E-state index in [1.54, 1.807) is 30.3 Å². The zero-order chi connectivity index (χ0) is 24.5. The van der Waals surface area contributed by atoms with Gasteiger partial charge >= 0.3 is 12.2 Å². The van der Waals surface area contributed by atoms with Crippen LogP contribution in [0.5, 0.6) is 0 Å². The maximum Gasteiger partial charge on any atom is 0.416 e. The molecule has 0 N–H and O–H groups in total. The highest BCUT2D eigenvalue weighted by atomic mass is 35.5. The van der Waals surface area contributed by atoms with E-state index in [1.165, 1.54) is 20.2 Å². The van der Waals surface area contributed by atoms with Gasteiger partial charge < -0.3 is 4.90 Å². The van der Waals surface area contributed by atoms with Crippen molar-refractivity contribution in [3.63, 3.8) is 0 Å². The first-order valence-electron chi connectivity index (χ1n) is 11.0. The van der Waals surface area contributed by atoms with Crippen LogP contribution < -0.4 is 4.90 Å². The summed E-state index contributed by atoms with van der Waals surface area (Å²) in [5, 5.41) is 0.454. The molecule has 2 fully saturated rings. The minimum atomic E-state index is -4.52. The van der Waals surface area contributed by atoms with Crippen LogP contribution in [-0.4, -0.2) is 55.6 Å². The van der Waals surface area contributed by atoms with Gasteiger partial charge in [-0.3, -0.25) is 4.90 Å². The first kappa shape index (κ1) is 24.8. The summed E-state index contributed by atoms with van der Waals surface area (Å²) < 4.78 is 67.0. The zero-order valence-corrected chi connectivity index (χ0v) is 19.9. The van der Waals surface area contributed by atoms with Gasteiger partial charge in [-0.1, -0.05) is 30.2 Å². The number of carbonyl (C=O) groups is 1. The van der Waals surface area contributed by atoms with Gasteiger partial charge in [-0.2, -0.15) is 13.2 Å². The third-order valence-electron chi connectivity index (χ3n) is 6.21. The Morgan fingerprint density at radius 3 is 2.32 bits per heavy atom. The van der Waals surface area contributed by atoms with Crippen LogP contribution >= 0.6 is 11.6 Å². The number of amides is 2. The average Bonchev–Trinajstić information content (AvgIpc) is 3.15. The van der Waals surface area contributed by atoms with Crippen molar-refractivity contribution in [3.8, 4) is 0 Å². The molecule has 0 aromatic heterocycles. The number of sulfonamides is 1. The van der Waals surface area contributed by atoms with E-state index in [2.05, 4.69) is 0 Å². The Kier molecular flexibility index (Phi) is 7.12. The predicted octanol–water partition coefficient (Wildman–Crippen LogP) is 5.16. The van der Waals surface area contributed by atoms with Crippen LogP contribution in [0, 0.1) is 0 Å². The first-order valence-corrected chi connectivity index (χ1v) is 13.0. The van der Waals surface area contributed by atoms with Gasteiger partial charge in [0.25, 0.3) is 0 Å². The van der Waals surface area contributed by atoms with Crippen LogP contribution in [0.1, 0.15) is 36.4 Å². The number of nitrogens with zero attached hydrogens (tertiary/aromatic N) is 3. The quantitative estimate of drug-likeness (QED) is 0.534. The lowest BCUT2D eigenvalue weighted by Crippen LogP contribution is -2.41. The first-order chi connectivity index (χ1) is 16.1. The minimum absolute atomic E-state index is 0.0444. The van der Waals surface area contributed by atoms with E-state index in [1.807, 2.05) is 0 Å². The zero-order valence-electron chi connectivity index (χ0n) is 18.3. The van der Waals surface area contributed by atoms with Crippen molar-refractivity contribution in [1.82, 2.24) is 9.21 Å². The molecule has 2 heterocycles. The van der Waals surface area contributed by atoms with Gasteiger partial charge in [0.15, 0.2) is 0 Å². The molecule has 1 atom stereocenters. The van der Waals surface area contributed by atoms with Gasteiger partial charge in [-0.15, -0.1) is 0 Å². The molecule has 34 heavy (non-hydrogen) atoms. The summed E-state index contributed by atoms with van der Waals surface area (Å²) in [5.41, 5.74) is -0.0163. The third kappa shape index (κ3) is 5.34. The van der Waals surface area contributed by atoms with Crippen LogP contribution in [0.15, 0.2) is 48.5 Å². The molecule has 2 aliphatic rings. The molecule has 2 aromatic carbocycles. The summed E-state index contributed by atoms with van der Waals surface area (Å²) in [6.45, 7) is 0.968. The fourth-order valence-electron chi connectivity index (χ4n) is 4.41. The molecule has 11 heteroatoms. The number of alkyl halides is 3. The van der Waals surface area contributed by atoms with Gasteiger partial charge in [0.05, 0.1) is 17.4 Å². The summed E-state index contributed by atoms with van der Waals surface area (Å²) in [7, 11) is -3.54. The largest absolute Gasteiger partial charge is 0.416 e. The molecule has 6 nitrogen and oxygen atoms in total. The van der Waals surface area contributed by atoms with E-state index in [4.69, 9.17) is 11.6 Å². The van der Waals surface area contributed by atoms with E-state index in [-0.39, 0.29) is 18.8 Å². The van der Waals surface area contributed by atoms with Gasteiger partial charge in [0, 0.05) is 36.9 Å². The second-order valence-electron chi connectivity index (χ2n) is 8.49. The number of halogens is 4. The Balaban J connectivity index is 1.61. The molecule has 1 unspecified atom stereocenters. The standard InChI is InChI=1S/C23H25ClF3N3O3S/c24-19-7-9-20(10-8-19)30-21(17-5-4-6-18(15-17)23(25,26)27)16-28(22(30)31)13-14-34(32,33)29-11-2-1-3-12-29/h4-10,15,21H,1-3,11-14,16H2. The molecule has 0 bridgehead atoms. The van der Waals surface area contributed by atoms with Crippen molar-refractivity contribution in [2.75, 3.05) is 36.8 Å². The predicted molar refractivity (Wildman–Crippen MR) is 124 cm³/mol. The van der Waals surface area contributed by atoms with Crippen molar-refractivity contribution in [3.05, 3.63) is 64.7 Å². The van der Waals surface area contributed by atoms with Crippen molar-refractivity contribution < 1.29 is 26.4 Å². The van der Waals surface area contributed by atoms with E-state index in [0.29, 0.717) is 29.4 Å². The smallest absolute Gasteiger partial charge is 0.321 e. The molecular weight excluding hydrogens is 491 g/mol. The Labute approximate surface area is 201 Å². The highest BCUT2D eigenvalue weighted by Crippen LogP contribution is 2.37. The van der Waals surface area contributed by atoms with Crippen LogP contribution in [0.25, 0.3) is 0 Å². The monoisotopic (exact) mass is 515 g/mol. The number of benzene rings is 2. The van der Waals surface area contributed by atoms with Crippen LogP contribution in [-0.2, 0) is 16.2 Å². The molecule has 0 radical (unpaired) electrons. The summed E-state index contributed by atoms with van der Waals surface area (Å²) in [5.74, 6) is -0.234. The summed E-state index contributed by atoms with van der Waals surface area (Å²) >= 11 is 5.97. The number of piperidine rings is 1. The third-order valence-corrected chi connectivity index (χ3v) is 8.32. The number of hydrogen-bond donors (Lipinski definition) is 0. The van der Waals surface area contributed by atoms with E-state index in [0.717, 1.165) is 31.4 Å². The molecule has 0 spiro atoms. The SMILES string of the molecule is O=C1N(CCS(=O)(=O)N2CCCCC2)CC(c2cccc(C(F)(F)F)c2)N1c1ccc(Cl)cc1. The van der Waals surface area contributed by atoms with Crippen molar-refractivity contribution >= 4 is 33.3 Å². The number of urea groups is 1. The molecule has 4 rings (SSSR count). The molecule has 0 aliphatic carbocycles. The number of rotatable bonds is 6. The van der Waals surface area contributed by atoms with Crippen LogP contribution in [0.2, 0.25) is 5.02 Å². The molecule has 2 aromatic rings.